The number of rotatable bonds is 3. The number of fused-ring (bicyclic) bond motifs is 1. The molecule has 1 aliphatic carbocycles. The lowest BCUT2D eigenvalue weighted by Crippen LogP contribution is -2.19. The minimum atomic E-state index is 0.586. The van der Waals surface area contributed by atoms with Crippen LogP contribution in [0.4, 0.5) is 0 Å². The summed E-state index contributed by atoms with van der Waals surface area (Å²) in [5, 5.41) is 0. The summed E-state index contributed by atoms with van der Waals surface area (Å²) >= 11 is 9.51. The Morgan fingerprint density at radius 3 is 3.00 bits per heavy atom. The molecule has 20 heavy (non-hydrogen) atoms. The van der Waals surface area contributed by atoms with Gasteiger partial charge in [0.2, 0.25) is 0 Å². The summed E-state index contributed by atoms with van der Waals surface area (Å²) in [5.74, 6) is 2.59. The summed E-state index contributed by atoms with van der Waals surface area (Å²) in [6, 6.07) is 6.99. The zero-order valence-electron chi connectivity index (χ0n) is 11.8. The number of imidazole rings is 1. The van der Waals surface area contributed by atoms with Crippen LogP contribution in [0.1, 0.15) is 44.5 Å². The third kappa shape index (κ3) is 2.75. The lowest BCUT2D eigenvalue weighted by Gasteiger charge is -2.29. The number of halogens is 2. The first-order valence-electron chi connectivity index (χ1n) is 7.41. The van der Waals surface area contributed by atoms with Crippen LogP contribution in [0.25, 0.3) is 11.0 Å². The molecule has 2 nitrogen and oxygen atoms in total. The number of hydrogen-bond donors (Lipinski definition) is 0. The number of aromatic nitrogens is 2. The van der Waals surface area contributed by atoms with Crippen molar-refractivity contribution >= 4 is 38.6 Å². The molecule has 2 aromatic rings. The molecule has 0 aliphatic heterocycles. The van der Waals surface area contributed by atoms with Gasteiger partial charge in [0.05, 0.1) is 11.0 Å². The van der Waals surface area contributed by atoms with Gasteiger partial charge in [-0.3, -0.25) is 0 Å². The van der Waals surface area contributed by atoms with Gasteiger partial charge in [0.1, 0.15) is 5.82 Å². The highest BCUT2D eigenvalue weighted by atomic mass is 79.9. The van der Waals surface area contributed by atoms with Crippen molar-refractivity contribution in [2.45, 2.75) is 45.1 Å². The van der Waals surface area contributed by atoms with Crippen LogP contribution in [-0.2, 0) is 6.42 Å². The third-order valence-electron chi connectivity index (χ3n) is 4.32. The molecular weight excluding hydrogens is 336 g/mol. The Morgan fingerprint density at radius 2 is 2.25 bits per heavy atom. The highest BCUT2D eigenvalue weighted by Gasteiger charge is 2.24. The van der Waals surface area contributed by atoms with Gasteiger partial charge in [-0.2, -0.15) is 0 Å². The maximum Gasteiger partial charge on any atom is 0.111 e. The Morgan fingerprint density at radius 1 is 1.40 bits per heavy atom. The van der Waals surface area contributed by atoms with E-state index in [1.165, 1.54) is 31.2 Å². The summed E-state index contributed by atoms with van der Waals surface area (Å²) in [7, 11) is 0. The van der Waals surface area contributed by atoms with E-state index < -0.39 is 0 Å². The number of aryl methyl sites for hydroxylation is 1. The SMILES string of the molecule is CC1CCCC(n2c(CCCl)nc3cc(Br)ccc32)C1. The highest BCUT2D eigenvalue weighted by Crippen LogP contribution is 2.36. The van der Waals surface area contributed by atoms with Crippen molar-refractivity contribution in [2.24, 2.45) is 5.92 Å². The summed E-state index contributed by atoms with van der Waals surface area (Å²) in [6.07, 6.45) is 6.05. The van der Waals surface area contributed by atoms with E-state index in [1.807, 2.05) is 0 Å². The van der Waals surface area contributed by atoms with E-state index in [4.69, 9.17) is 16.6 Å². The van der Waals surface area contributed by atoms with E-state index in [-0.39, 0.29) is 0 Å². The van der Waals surface area contributed by atoms with Crippen molar-refractivity contribution in [1.82, 2.24) is 9.55 Å². The topological polar surface area (TPSA) is 17.8 Å². The summed E-state index contributed by atoms with van der Waals surface area (Å²) in [4.78, 5) is 4.81. The maximum absolute atomic E-state index is 5.97. The van der Waals surface area contributed by atoms with Crippen molar-refractivity contribution < 1.29 is 0 Å². The predicted octanol–water partition coefficient (Wildman–Crippen LogP) is 5.33. The molecule has 0 saturated heterocycles. The van der Waals surface area contributed by atoms with E-state index in [1.54, 1.807) is 0 Å². The maximum atomic E-state index is 5.97. The van der Waals surface area contributed by atoms with Crippen LogP contribution in [0, 0.1) is 5.92 Å². The Kier molecular flexibility index (Phi) is 4.37. The summed E-state index contributed by atoms with van der Waals surface area (Å²) < 4.78 is 3.55. The molecule has 3 rings (SSSR count). The third-order valence-corrected chi connectivity index (χ3v) is 5.00. The van der Waals surface area contributed by atoms with E-state index >= 15 is 0 Å². The van der Waals surface area contributed by atoms with Crippen molar-refractivity contribution in [1.29, 1.82) is 0 Å². The second kappa shape index (κ2) is 6.07. The Labute approximate surface area is 133 Å². The van der Waals surface area contributed by atoms with E-state index in [2.05, 4.69) is 45.6 Å². The average Bonchev–Trinajstić information content (AvgIpc) is 2.76. The largest absolute Gasteiger partial charge is 0.325 e. The van der Waals surface area contributed by atoms with E-state index in [0.29, 0.717) is 11.9 Å². The smallest absolute Gasteiger partial charge is 0.111 e. The molecule has 1 heterocycles. The van der Waals surface area contributed by atoms with Crippen molar-refractivity contribution in [3.63, 3.8) is 0 Å². The fraction of sp³-hybridized carbons (Fsp3) is 0.562. The normalized spacial score (nSPS) is 23.4. The number of benzene rings is 1. The first kappa shape index (κ1) is 14.4. The number of alkyl halides is 1. The molecule has 0 amide bonds. The molecule has 4 heteroatoms. The van der Waals surface area contributed by atoms with E-state index in [0.717, 1.165) is 28.2 Å². The molecule has 1 saturated carbocycles. The molecule has 1 aromatic heterocycles. The zero-order valence-corrected chi connectivity index (χ0v) is 14.1. The molecule has 0 N–H and O–H groups in total. The van der Waals surface area contributed by atoms with Gasteiger partial charge in [-0.15, -0.1) is 11.6 Å². The molecule has 0 bridgehead atoms. The Bertz CT molecular complexity index is 608. The van der Waals surface area contributed by atoms with Gasteiger partial charge in [-0.05, 0) is 37.0 Å². The van der Waals surface area contributed by atoms with Crippen LogP contribution in [0.3, 0.4) is 0 Å². The van der Waals surface area contributed by atoms with Crippen LogP contribution in [0.5, 0.6) is 0 Å². The van der Waals surface area contributed by atoms with Gasteiger partial charge < -0.3 is 4.57 Å². The minimum absolute atomic E-state index is 0.586. The molecule has 0 spiro atoms. The number of nitrogens with zero attached hydrogens (tertiary/aromatic N) is 2. The quantitative estimate of drug-likeness (QED) is 0.680. The van der Waals surface area contributed by atoms with Gasteiger partial charge in [0.15, 0.2) is 0 Å². The molecule has 1 aromatic carbocycles. The second-order valence-corrected chi connectivity index (χ2v) is 7.19. The molecular formula is C16H20BrClN2. The first-order chi connectivity index (χ1) is 9.69. The molecule has 2 atom stereocenters. The minimum Gasteiger partial charge on any atom is -0.325 e. The van der Waals surface area contributed by atoms with Gasteiger partial charge in [0.25, 0.3) is 0 Å². The van der Waals surface area contributed by atoms with Crippen LogP contribution in [0.15, 0.2) is 22.7 Å². The van der Waals surface area contributed by atoms with Crippen molar-refractivity contribution in [3.8, 4) is 0 Å². The summed E-state index contributed by atoms with van der Waals surface area (Å²) in [5.41, 5.74) is 2.34. The second-order valence-electron chi connectivity index (χ2n) is 5.90. The lowest BCUT2D eigenvalue weighted by atomic mass is 9.87. The van der Waals surface area contributed by atoms with Crippen molar-refractivity contribution in [2.75, 3.05) is 5.88 Å². The van der Waals surface area contributed by atoms with Crippen LogP contribution in [0.2, 0.25) is 0 Å². The summed E-state index contributed by atoms with van der Waals surface area (Å²) in [6.45, 7) is 2.36. The molecule has 2 unspecified atom stereocenters. The molecule has 0 radical (unpaired) electrons. The van der Waals surface area contributed by atoms with Gasteiger partial charge in [-0.25, -0.2) is 4.98 Å². The molecule has 1 aliphatic rings. The number of hydrogen-bond acceptors (Lipinski definition) is 1. The Hall–Kier alpha value is -0.540. The van der Waals surface area contributed by atoms with Crippen LogP contribution >= 0.6 is 27.5 Å². The zero-order chi connectivity index (χ0) is 14.1. The molecule has 108 valence electrons. The fourth-order valence-corrected chi connectivity index (χ4v) is 3.94. The predicted molar refractivity (Wildman–Crippen MR) is 88.5 cm³/mol. The van der Waals surface area contributed by atoms with Crippen LogP contribution in [-0.4, -0.2) is 15.4 Å². The first-order valence-corrected chi connectivity index (χ1v) is 8.74. The highest BCUT2D eigenvalue weighted by molar-refractivity contribution is 9.10. The average molecular weight is 356 g/mol. The molecule has 1 fully saturated rings. The fourth-order valence-electron chi connectivity index (χ4n) is 3.43. The van der Waals surface area contributed by atoms with Crippen molar-refractivity contribution in [3.05, 3.63) is 28.5 Å². The lowest BCUT2D eigenvalue weighted by molar-refractivity contribution is 0.283. The van der Waals surface area contributed by atoms with Crippen LogP contribution < -0.4 is 0 Å². The van der Waals surface area contributed by atoms with E-state index in [9.17, 15) is 0 Å². The monoisotopic (exact) mass is 354 g/mol. The van der Waals surface area contributed by atoms with Gasteiger partial charge in [0, 0.05) is 22.8 Å². The Balaban J connectivity index is 2.08. The standard InChI is InChI=1S/C16H20BrClN2/c1-11-3-2-4-13(9-11)20-15-6-5-12(17)10-14(15)19-16(20)7-8-18/h5-6,10-11,13H,2-4,7-9H2,1H3. The van der Waals surface area contributed by atoms with Gasteiger partial charge >= 0.3 is 0 Å². The van der Waals surface area contributed by atoms with Gasteiger partial charge in [-0.1, -0.05) is 35.7 Å².